The molecule has 0 fully saturated rings. The van der Waals surface area contributed by atoms with Crippen molar-refractivity contribution in [1.29, 1.82) is 0 Å². The van der Waals surface area contributed by atoms with Gasteiger partial charge < -0.3 is 0 Å². The SMILES string of the molecule is CCn1c(Sc2nc3ccccc3cc2C=O)n[nH]c1=O. The van der Waals surface area contributed by atoms with Crippen molar-refractivity contribution < 1.29 is 4.79 Å². The Morgan fingerprint density at radius 1 is 1.38 bits per heavy atom. The Balaban J connectivity index is 2.10. The molecule has 0 aliphatic rings. The third kappa shape index (κ3) is 2.47. The van der Waals surface area contributed by atoms with Crippen molar-refractivity contribution in [2.24, 2.45) is 0 Å². The smallest absolute Gasteiger partial charge is 0.298 e. The third-order valence-corrected chi connectivity index (χ3v) is 4.09. The summed E-state index contributed by atoms with van der Waals surface area (Å²) in [6.07, 6.45) is 0.767. The summed E-state index contributed by atoms with van der Waals surface area (Å²) in [5, 5.41) is 8.31. The van der Waals surface area contributed by atoms with Gasteiger partial charge in [0.1, 0.15) is 5.03 Å². The van der Waals surface area contributed by atoms with Crippen molar-refractivity contribution in [1.82, 2.24) is 19.7 Å². The van der Waals surface area contributed by atoms with E-state index in [-0.39, 0.29) is 5.69 Å². The normalized spacial score (nSPS) is 10.9. The number of hydrogen-bond donors (Lipinski definition) is 1. The minimum absolute atomic E-state index is 0.270. The summed E-state index contributed by atoms with van der Waals surface area (Å²) in [6.45, 7) is 2.36. The van der Waals surface area contributed by atoms with Crippen LogP contribution in [0.1, 0.15) is 17.3 Å². The highest BCUT2D eigenvalue weighted by Gasteiger charge is 2.13. The summed E-state index contributed by atoms with van der Waals surface area (Å²) >= 11 is 1.20. The van der Waals surface area contributed by atoms with Crippen LogP contribution in [0.3, 0.4) is 0 Å². The van der Waals surface area contributed by atoms with Gasteiger partial charge in [-0.2, -0.15) is 0 Å². The number of hydrogen-bond acceptors (Lipinski definition) is 5. The maximum atomic E-state index is 11.6. The van der Waals surface area contributed by atoms with Gasteiger partial charge in [-0.3, -0.25) is 9.36 Å². The van der Waals surface area contributed by atoms with Crippen LogP contribution in [-0.2, 0) is 6.54 Å². The molecule has 7 heteroatoms. The molecular formula is C14H12N4O2S. The molecule has 0 unspecified atom stereocenters. The van der Waals surface area contributed by atoms with Crippen molar-refractivity contribution in [3.05, 3.63) is 46.4 Å². The number of rotatable bonds is 4. The first-order valence-corrected chi connectivity index (χ1v) is 7.22. The van der Waals surface area contributed by atoms with Crippen LogP contribution in [0.15, 0.2) is 45.3 Å². The second-order valence-electron chi connectivity index (χ2n) is 4.35. The van der Waals surface area contributed by atoms with Crippen LogP contribution in [0.5, 0.6) is 0 Å². The third-order valence-electron chi connectivity index (χ3n) is 3.07. The number of carbonyl (C=O) groups is 1. The summed E-state index contributed by atoms with van der Waals surface area (Å²) in [7, 11) is 0. The second-order valence-corrected chi connectivity index (χ2v) is 5.31. The van der Waals surface area contributed by atoms with Gasteiger partial charge in [-0.05, 0) is 30.8 Å². The molecule has 0 bridgehead atoms. The standard InChI is InChI=1S/C14H12N4O2S/c1-2-18-13(20)16-17-14(18)21-12-10(8-19)7-9-5-3-4-6-11(9)15-12/h3-8H,2H2,1H3,(H,16,20). The number of pyridine rings is 1. The van der Waals surface area contributed by atoms with Crippen molar-refractivity contribution in [2.45, 2.75) is 23.7 Å². The van der Waals surface area contributed by atoms with Crippen LogP contribution >= 0.6 is 11.8 Å². The Bertz CT molecular complexity index is 869. The Labute approximate surface area is 124 Å². The van der Waals surface area contributed by atoms with Gasteiger partial charge in [-0.15, -0.1) is 5.10 Å². The van der Waals surface area contributed by atoms with Gasteiger partial charge in [0.15, 0.2) is 11.4 Å². The molecule has 0 aliphatic heterocycles. The first-order valence-electron chi connectivity index (χ1n) is 6.41. The fourth-order valence-electron chi connectivity index (χ4n) is 2.03. The molecule has 0 saturated heterocycles. The molecule has 0 atom stereocenters. The van der Waals surface area contributed by atoms with E-state index in [4.69, 9.17) is 0 Å². The Morgan fingerprint density at radius 3 is 2.95 bits per heavy atom. The fraction of sp³-hybridized carbons (Fsp3) is 0.143. The number of para-hydroxylation sites is 1. The first kappa shape index (κ1) is 13.6. The van der Waals surface area contributed by atoms with E-state index in [9.17, 15) is 9.59 Å². The number of benzene rings is 1. The maximum absolute atomic E-state index is 11.6. The predicted molar refractivity (Wildman–Crippen MR) is 79.8 cm³/mol. The van der Waals surface area contributed by atoms with E-state index in [1.165, 1.54) is 16.3 Å². The van der Waals surface area contributed by atoms with Crippen LogP contribution < -0.4 is 5.69 Å². The van der Waals surface area contributed by atoms with Crippen molar-refractivity contribution in [3.63, 3.8) is 0 Å². The van der Waals surface area contributed by atoms with E-state index in [2.05, 4.69) is 15.2 Å². The summed E-state index contributed by atoms with van der Waals surface area (Å²) in [6, 6.07) is 9.36. The molecule has 6 nitrogen and oxygen atoms in total. The van der Waals surface area contributed by atoms with E-state index >= 15 is 0 Å². The van der Waals surface area contributed by atoms with Crippen LogP contribution in [0.25, 0.3) is 10.9 Å². The highest BCUT2D eigenvalue weighted by molar-refractivity contribution is 7.99. The summed E-state index contributed by atoms with van der Waals surface area (Å²) in [5.74, 6) is 0. The van der Waals surface area contributed by atoms with Crippen LogP contribution in [0.2, 0.25) is 0 Å². The fourth-order valence-corrected chi connectivity index (χ4v) is 2.98. The number of carbonyl (C=O) groups excluding carboxylic acids is 1. The molecule has 2 heterocycles. The molecule has 0 amide bonds. The van der Waals surface area contributed by atoms with E-state index in [1.807, 2.05) is 31.2 Å². The minimum atomic E-state index is -0.270. The van der Waals surface area contributed by atoms with Gasteiger partial charge in [0.2, 0.25) is 0 Å². The minimum Gasteiger partial charge on any atom is -0.298 e. The predicted octanol–water partition coefficient (Wildman–Crippen LogP) is 2.10. The lowest BCUT2D eigenvalue weighted by atomic mass is 10.2. The number of aromatic amines is 1. The summed E-state index contributed by atoms with van der Waals surface area (Å²) in [5.41, 5.74) is 1.01. The van der Waals surface area contributed by atoms with Crippen molar-refractivity contribution in [2.75, 3.05) is 0 Å². The molecule has 21 heavy (non-hydrogen) atoms. The molecule has 0 radical (unpaired) electrons. The number of fused-ring (bicyclic) bond motifs is 1. The van der Waals surface area contributed by atoms with Gasteiger partial charge in [0.25, 0.3) is 0 Å². The molecule has 0 aliphatic carbocycles. The quantitative estimate of drug-likeness (QED) is 0.746. The molecule has 3 rings (SSSR count). The number of aldehydes is 1. The Hall–Kier alpha value is -2.41. The number of nitrogens with one attached hydrogen (secondary N) is 1. The second kappa shape index (κ2) is 5.53. The van der Waals surface area contributed by atoms with Crippen LogP contribution in [-0.4, -0.2) is 26.0 Å². The molecule has 1 aromatic carbocycles. The average molecular weight is 300 g/mol. The molecule has 3 aromatic rings. The monoisotopic (exact) mass is 300 g/mol. The molecule has 2 aromatic heterocycles. The lowest BCUT2D eigenvalue weighted by Crippen LogP contribution is -2.16. The molecule has 1 N–H and O–H groups in total. The van der Waals surface area contributed by atoms with Gasteiger partial charge in [-0.25, -0.2) is 14.9 Å². The summed E-state index contributed by atoms with van der Waals surface area (Å²) < 4.78 is 1.50. The van der Waals surface area contributed by atoms with Gasteiger partial charge in [0, 0.05) is 17.5 Å². The van der Waals surface area contributed by atoms with E-state index in [0.717, 1.165) is 17.2 Å². The van der Waals surface area contributed by atoms with Gasteiger partial charge >= 0.3 is 5.69 Å². The lowest BCUT2D eigenvalue weighted by Gasteiger charge is -2.06. The van der Waals surface area contributed by atoms with E-state index in [1.54, 1.807) is 6.07 Å². The first-order chi connectivity index (χ1) is 10.2. The highest BCUT2D eigenvalue weighted by atomic mass is 32.2. The topological polar surface area (TPSA) is 80.6 Å². The molecular weight excluding hydrogens is 288 g/mol. The van der Waals surface area contributed by atoms with Gasteiger partial charge in [0.05, 0.1) is 5.52 Å². The zero-order valence-corrected chi connectivity index (χ0v) is 12.1. The average Bonchev–Trinajstić information content (AvgIpc) is 2.86. The summed E-state index contributed by atoms with van der Waals surface area (Å²) in [4.78, 5) is 27.3. The lowest BCUT2D eigenvalue weighted by molar-refractivity contribution is 0.112. The number of nitrogens with zero attached hydrogens (tertiary/aromatic N) is 3. The van der Waals surface area contributed by atoms with Crippen molar-refractivity contribution >= 4 is 29.0 Å². The molecule has 0 spiro atoms. The van der Waals surface area contributed by atoms with E-state index < -0.39 is 0 Å². The zero-order chi connectivity index (χ0) is 14.8. The Morgan fingerprint density at radius 2 is 2.19 bits per heavy atom. The largest absolute Gasteiger partial charge is 0.343 e. The molecule has 0 saturated carbocycles. The maximum Gasteiger partial charge on any atom is 0.343 e. The zero-order valence-electron chi connectivity index (χ0n) is 11.2. The van der Waals surface area contributed by atoms with Gasteiger partial charge in [-0.1, -0.05) is 18.2 Å². The van der Waals surface area contributed by atoms with Crippen LogP contribution in [0, 0.1) is 0 Å². The molecule has 106 valence electrons. The Kier molecular flexibility index (Phi) is 3.57. The number of H-pyrrole nitrogens is 1. The van der Waals surface area contributed by atoms with Crippen molar-refractivity contribution in [3.8, 4) is 0 Å². The van der Waals surface area contributed by atoms with Crippen LogP contribution in [0.4, 0.5) is 0 Å². The highest BCUT2D eigenvalue weighted by Crippen LogP contribution is 2.28. The number of aromatic nitrogens is 4. The van der Waals surface area contributed by atoms with E-state index in [0.29, 0.717) is 22.3 Å².